The number of aliphatic carboxylic acids is 1. The molecule has 0 aromatic rings. The Morgan fingerprint density at radius 1 is 0.643 bits per heavy atom. The lowest BCUT2D eigenvalue weighted by Crippen LogP contribution is -2.18. The number of ether oxygens (including phenoxy) is 1. The Balaban J connectivity index is 3.62. The van der Waals surface area contributed by atoms with Crippen molar-refractivity contribution in [2.45, 2.75) is 142 Å². The van der Waals surface area contributed by atoms with E-state index >= 15 is 0 Å². The van der Waals surface area contributed by atoms with E-state index in [0.29, 0.717) is 19.3 Å². The molecule has 0 amide bonds. The van der Waals surface area contributed by atoms with Crippen molar-refractivity contribution in [1.29, 1.82) is 0 Å². The maximum Gasteiger partial charge on any atom is 0.306 e. The van der Waals surface area contributed by atoms with Gasteiger partial charge in [-0.15, -0.1) is 0 Å². The third-order valence-corrected chi connectivity index (χ3v) is 5.33. The molecular weight excluding hydrogens is 352 g/mol. The molecule has 0 rings (SSSR count). The number of hydrogen-bond donors (Lipinski definition) is 1. The van der Waals surface area contributed by atoms with Gasteiger partial charge < -0.3 is 9.84 Å². The zero-order valence-electron chi connectivity index (χ0n) is 18.7. The molecule has 0 aliphatic heterocycles. The molecule has 0 bridgehead atoms. The molecule has 0 aromatic carbocycles. The summed E-state index contributed by atoms with van der Waals surface area (Å²) < 4.78 is 5.60. The minimum absolute atomic E-state index is 0.107. The second kappa shape index (κ2) is 20.7. The fraction of sp³-hybridized carbons (Fsp3) is 0.917. The molecule has 166 valence electrons. The molecule has 1 unspecified atom stereocenters. The monoisotopic (exact) mass is 398 g/mol. The number of carboxylic acids is 1. The lowest BCUT2D eigenvalue weighted by atomic mass is 10.0. The van der Waals surface area contributed by atoms with Gasteiger partial charge in [0.2, 0.25) is 0 Å². The van der Waals surface area contributed by atoms with Crippen LogP contribution in [-0.4, -0.2) is 23.1 Å². The van der Waals surface area contributed by atoms with Crippen molar-refractivity contribution in [3.05, 3.63) is 0 Å². The van der Waals surface area contributed by atoms with E-state index in [4.69, 9.17) is 9.84 Å². The van der Waals surface area contributed by atoms with E-state index in [1.54, 1.807) is 0 Å². The number of carbonyl (C=O) groups is 2. The zero-order chi connectivity index (χ0) is 20.9. The molecule has 4 heteroatoms. The lowest BCUT2D eigenvalue weighted by Gasteiger charge is -2.17. The molecule has 0 aromatic heterocycles. The summed E-state index contributed by atoms with van der Waals surface area (Å²) in [7, 11) is 0. The van der Waals surface area contributed by atoms with Crippen LogP contribution in [0.1, 0.15) is 136 Å². The minimum atomic E-state index is -0.780. The summed E-state index contributed by atoms with van der Waals surface area (Å²) in [5, 5.41) is 8.75. The predicted octanol–water partition coefficient (Wildman–Crippen LogP) is 7.43. The van der Waals surface area contributed by atoms with E-state index in [2.05, 4.69) is 13.8 Å². The molecule has 0 saturated carbocycles. The molecule has 0 radical (unpaired) electrons. The molecule has 1 N–H and O–H groups in total. The average Bonchev–Trinajstić information content (AvgIpc) is 2.66. The van der Waals surface area contributed by atoms with Gasteiger partial charge in [0, 0.05) is 12.8 Å². The number of carbonyl (C=O) groups excluding carboxylic acids is 1. The van der Waals surface area contributed by atoms with Crippen LogP contribution in [0.4, 0.5) is 0 Å². The fourth-order valence-corrected chi connectivity index (χ4v) is 3.53. The maximum absolute atomic E-state index is 12.1. The highest BCUT2D eigenvalue weighted by Gasteiger charge is 2.14. The number of esters is 1. The number of rotatable bonds is 21. The van der Waals surface area contributed by atoms with E-state index in [1.807, 2.05) is 0 Å². The molecular formula is C24H46O4. The summed E-state index contributed by atoms with van der Waals surface area (Å²) in [5.74, 6) is -0.888. The van der Waals surface area contributed by atoms with Crippen LogP contribution in [0, 0.1) is 0 Å². The third-order valence-electron chi connectivity index (χ3n) is 5.33. The van der Waals surface area contributed by atoms with Crippen LogP contribution in [0.5, 0.6) is 0 Å². The summed E-state index contributed by atoms with van der Waals surface area (Å²) in [6, 6.07) is 0. The Labute approximate surface area is 173 Å². The first-order chi connectivity index (χ1) is 13.6. The van der Waals surface area contributed by atoms with E-state index in [-0.39, 0.29) is 18.5 Å². The van der Waals surface area contributed by atoms with Crippen molar-refractivity contribution in [1.82, 2.24) is 0 Å². The van der Waals surface area contributed by atoms with Gasteiger partial charge in [-0.3, -0.25) is 9.59 Å². The molecule has 0 aliphatic rings. The SMILES string of the molecule is CCCCCCCCCCCCCCC(=O)OC(CCCC)CCCC(=O)O. The normalized spacial score (nSPS) is 12.1. The number of unbranched alkanes of at least 4 members (excludes halogenated alkanes) is 12. The number of hydrogen-bond acceptors (Lipinski definition) is 3. The summed E-state index contributed by atoms with van der Waals surface area (Å²) >= 11 is 0. The van der Waals surface area contributed by atoms with Gasteiger partial charge in [-0.25, -0.2) is 0 Å². The highest BCUT2D eigenvalue weighted by molar-refractivity contribution is 5.69. The van der Waals surface area contributed by atoms with Crippen molar-refractivity contribution in [3.63, 3.8) is 0 Å². The van der Waals surface area contributed by atoms with Gasteiger partial charge in [-0.1, -0.05) is 97.3 Å². The Bertz CT molecular complexity index is 368. The molecule has 1 atom stereocenters. The van der Waals surface area contributed by atoms with Gasteiger partial charge in [0.05, 0.1) is 0 Å². The minimum Gasteiger partial charge on any atom is -0.481 e. The van der Waals surface area contributed by atoms with Crippen molar-refractivity contribution < 1.29 is 19.4 Å². The summed E-state index contributed by atoms with van der Waals surface area (Å²) in [5.41, 5.74) is 0. The van der Waals surface area contributed by atoms with E-state index in [1.165, 1.54) is 64.2 Å². The summed E-state index contributed by atoms with van der Waals surface area (Å²) in [4.78, 5) is 22.7. The second-order valence-electron chi connectivity index (χ2n) is 8.18. The molecule has 0 heterocycles. The van der Waals surface area contributed by atoms with Gasteiger partial charge in [0.1, 0.15) is 6.10 Å². The Morgan fingerprint density at radius 2 is 1.11 bits per heavy atom. The maximum atomic E-state index is 12.1. The highest BCUT2D eigenvalue weighted by atomic mass is 16.5. The fourth-order valence-electron chi connectivity index (χ4n) is 3.53. The van der Waals surface area contributed by atoms with Gasteiger partial charge in [-0.05, 0) is 25.7 Å². The smallest absolute Gasteiger partial charge is 0.306 e. The van der Waals surface area contributed by atoms with Crippen molar-refractivity contribution >= 4 is 11.9 Å². The lowest BCUT2D eigenvalue weighted by molar-refractivity contribution is -0.150. The Morgan fingerprint density at radius 3 is 1.61 bits per heavy atom. The summed E-state index contributed by atoms with van der Waals surface area (Å²) in [6.45, 7) is 4.37. The number of carboxylic acid groups (broad SMARTS) is 1. The first-order valence-electron chi connectivity index (χ1n) is 12.0. The van der Waals surface area contributed by atoms with Gasteiger partial charge in [0.25, 0.3) is 0 Å². The van der Waals surface area contributed by atoms with Crippen LogP contribution in [0.15, 0.2) is 0 Å². The van der Waals surface area contributed by atoms with Crippen LogP contribution in [0.2, 0.25) is 0 Å². The van der Waals surface area contributed by atoms with Crippen LogP contribution in [0.3, 0.4) is 0 Å². The Hall–Kier alpha value is -1.06. The van der Waals surface area contributed by atoms with Crippen molar-refractivity contribution in [2.24, 2.45) is 0 Å². The standard InChI is InChI=1S/C24H46O4/c1-3-5-7-8-9-10-11-12-13-14-15-16-21-24(27)28-22(18-6-4-2)19-17-20-23(25)26/h22H,3-21H2,1-2H3,(H,25,26). The molecule has 0 aliphatic carbocycles. The first-order valence-corrected chi connectivity index (χ1v) is 12.0. The van der Waals surface area contributed by atoms with Gasteiger partial charge in [0.15, 0.2) is 0 Å². The van der Waals surface area contributed by atoms with Gasteiger partial charge in [-0.2, -0.15) is 0 Å². The second-order valence-corrected chi connectivity index (χ2v) is 8.18. The highest BCUT2D eigenvalue weighted by Crippen LogP contribution is 2.16. The van der Waals surface area contributed by atoms with Crippen LogP contribution < -0.4 is 0 Å². The van der Waals surface area contributed by atoms with Gasteiger partial charge >= 0.3 is 11.9 Å². The van der Waals surface area contributed by atoms with E-state index in [0.717, 1.165) is 32.1 Å². The van der Waals surface area contributed by atoms with Crippen molar-refractivity contribution in [3.8, 4) is 0 Å². The predicted molar refractivity (Wildman–Crippen MR) is 117 cm³/mol. The largest absolute Gasteiger partial charge is 0.481 e. The summed E-state index contributed by atoms with van der Waals surface area (Å²) in [6.07, 6.45) is 20.1. The van der Waals surface area contributed by atoms with Crippen LogP contribution in [0.25, 0.3) is 0 Å². The topological polar surface area (TPSA) is 63.6 Å². The quantitative estimate of drug-likeness (QED) is 0.161. The average molecular weight is 399 g/mol. The molecule has 0 spiro atoms. The molecule has 28 heavy (non-hydrogen) atoms. The van der Waals surface area contributed by atoms with Crippen molar-refractivity contribution in [2.75, 3.05) is 0 Å². The van der Waals surface area contributed by atoms with E-state index < -0.39 is 5.97 Å². The zero-order valence-corrected chi connectivity index (χ0v) is 18.7. The molecule has 0 saturated heterocycles. The Kier molecular flexibility index (Phi) is 19.9. The third kappa shape index (κ3) is 19.7. The molecule has 0 fully saturated rings. The first kappa shape index (κ1) is 26.9. The van der Waals surface area contributed by atoms with E-state index in [9.17, 15) is 9.59 Å². The van der Waals surface area contributed by atoms with Crippen LogP contribution >= 0.6 is 0 Å². The van der Waals surface area contributed by atoms with Crippen LogP contribution in [-0.2, 0) is 14.3 Å². The molecule has 4 nitrogen and oxygen atoms in total.